The smallest absolute Gasteiger partial charge is 0.338 e. The summed E-state index contributed by atoms with van der Waals surface area (Å²) in [6, 6.07) is 0.113. The molecule has 0 aliphatic carbocycles. The molecule has 3 aliphatic rings. The summed E-state index contributed by atoms with van der Waals surface area (Å²) in [4.78, 5) is 27.3. The molecular formula is C18H27NO5. The fourth-order valence-corrected chi connectivity index (χ4v) is 4.11. The second-order valence-corrected chi connectivity index (χ2v) is 7.47. The quantitative estimate of drug-likeness (QED) is 0.530. The maximum absolute atomic E-state index is 12.6. The Morgan fingerprint density at radius 3 is 2.71 bits per heavy atom. The van der Waals surface area contributed by atoms with Crippen molar-refractivity contribution in [2.24, 2.45) is 11.8 Å². The summed E-state index contributed by atoms with van der Waals surface area (Å²) in [5, 5.41) is 10.6. The van der Waals surface area contributed by atoms with Crippen LogP contribution in [0, 0.1) is 11.8 Å². The van der Waals surface area contributed by atoms with E-state index in [1.165, 1.54) is 6.92 Å². The highest BCUT2D eigenvalue weighted by molar-refractivity contribution is 5.89. The van der Waals surface area contributed by atoms with Gasteiger partial charge in [0.1, 0.15) is 6.10 Å². The first-order valence-electron chi connectivity index (χ1n) is 8.84. The van der Waals surface area contributed by atoms with Crippen molar-refractivity contribution in [2.45, 2.75) is 57.8 Å². The second kappa shape index (κ2) is 6.48. The zero-order valence-corrected chi connectivity index (χ0v) is 14.7. The number of carbonyl (C=O) groups excluding carboxylic acids is 2. The lowest BCUT2D eigenvalue weighted by Gasteiger charge is -2.32. The number of nitrogens with zero attached hydrogens (tertiary/aromatic N) is 1. The highest BCUT2D eigenvalue weighted by Crippen LogP contribution is 2.36. The summed E-state index contributed by atoms with van der Waals surface area (Å²) in [6.07, 6.45) is 3.59. The van der Waals surface area contributed by atoms with Gasteiger partial charge in [0.05, 0.1) is 12.6 Å². The summed E-state index contributed by atoms with van der Waals surface area (Å²) < 4.78 is 11.3. The van der Waals surface area contributed by atoms with Gasteiger partial charge in [-0.3, -0.25) is 4.90 Å². The van der Waals surface area contributed by atoms with E-state index in [2.05, 4.69) is 4.90 Å². The number of hydrogen-bond acceptors (Lipinski definition) is 6. The van der Waals surface area contributed by atoms with Gasteiger partial charge in [-0.1, -0.05) is 13.0 Å². The molecule has 6 nitrogen and oxygen atoms in total. The lowest BCUT2D eigenvalue weighted by atomic mass is 9.85. The van der Waals surface area contributed by atoms with Gasteiger partial charge < -0.3 is 14.6 Å². The SMILES string of the molecule is C/C=C1\C[C@@H](C)[C@](C)(O)C(=O)OC[C@H]2CCN3CC[C@H](OC1=O)[C@H]23. The lowest BCUT2D eigenvalue weighted by molar-refractivity contribution is -0.172. The lowest BCUT2D eigenvalue weighted by Crippen LogP contribution is -2.46. The van der Waals surface area contributed by atoms with Crippen molar-refractivity contribution in [1.29, 1.82) is 0 Å². The van der Waals surface area contributed by atoms with Gasteiger partial charge in [0.2, 0.25) is 0 Å². The molecule has 0 amide bonds. The number of cyclic esters (lactones) is 1. The molecule has 24 heavy (non-hydrogen) atoms. The van der Waals surface area contributed by atoms with Crippen LogP contribution in [0.15, 0.2) is 11.6 Å². The van der Waals surface area contributed by atoms with Gasteiger partial charge in [-0.25, -0.2) is 9.59 Å². The minimum absolute atomic E-state index is 0.113. The van der Waals surface area contributed by atoms with E-state index >= 15 is 0 Å². The van der Waals surface area contributed by atoms with E-state index in [0.717, 1.165) is 25.9 Å². The minimum atomic E-state index is -1.62. The first kappa shape index (κ1) is 17.4. The highest BCUT2D eigenvalue weighted by atomic mass is 16.6. The van der Waals surface area contributed by atoms with E-state index in [4.69, 9.17) is 9.47 Å². The minimum Gasteiger partial charge on any atom is -0.463 e. The van der Waals surface area contributed by atoms with Gasteiger partial charge in [0, 0.05) is 18.0 Å². The summed E-state index contributed by atoms with van der Waals surface area (Å²) in [7, 11) is 0. The first-order chi connectivity index (χ1) is 11.3. The van der Waals surface area contributed by atoms with Crippen molar-refractivity contribution >= 4 is 11.9 Å². The predicted molar refractivity (Wildman–Crippen MR) is 87.1 cm³/mol. The van der Waals surface area contributed by atoms with Crippen LogP contribution in [0.3, 0.4) is 0 Å². The van der Waals surface area contributed by atoms with E-state index < -0.39 is 17.5 Å². The fraction of sp³-hybridized carbons (Fsp3) is 0.778. The van der Waals surface area contributed by atoms with Gasteiger partial charge in [-0.05, 0) is 45.6 Å². The Balaban J connectivity index is 1.89. The van der Waals surface area contributed by atoms with Crippen LogP contribution in [-0.4, -0.2) is 59.4 Å². The van der Waals surface area contributed by atoms with E-state index in [-0.39, 0.29) is 37.1 Å². The predicted octanol–water partition coefficient (Wildman–Crippen LogP) is 1.27. The topological polar surface area (TPSA) is 76.1 Å². The van der Waals surface area contributed by atoms with E-state index in [1.54, 1.807) is 19.9 Å². The molecule has 0 aromatic heterocycles. The van der Waals surface area contributed by atoms with Crippen molar-refractivity contribution < 1.29 is 24.2 Å². The number of aliphatic hydroxyl groups is 1. The number of allylic oxidation sites excluding steroid dienone is 1. The number of hydrogen-bond donors (Lipinski definition) is 1. The van der Waals surface area contributed by atoms with E-state index in [9.17, 15) is 14.7 Å². The Kier molecular flexibility index (Phi) is 4.71. The molecule has 0 unspecified atom stereocenters. The van der Waals surface area contributed by atoms with Crippen molar-refractivity contribution in [3.8, 4) is 0 Å². The molecule has 0 aromatic carbocycles. The Hall–Kier alpha value is -1.40. The molecule has 134 valence electrons. The third-order valence-corrected chi connectivity index (χ3v) is 5.97. The number of rotatable bonds is 0. The molecule has 3 saturated heterocycles. The standard InChI is InChI=1S/C18H27NO5/c1-4-12-9-11(2)18(3,22)17(21)23-10-13-5-7-19-8-6-14(15(13)19)24-16(12)20/h4,11,13-15,22H,5-10H2,1-3H3/b12-4+/t11-,13-,14+,15+,18+/m1/s1. The van der Waals surface area contributed by atoms with Crippen molar-refractivity contribution in [3.63, 3.8) is 0 Å². The number of carbonyl (C=O) groups is 2. The Morgan fingerprint density at radius 2 is 2.00 bits per heavy atom. The summed E-state index contributed by atoms with van der Waals surface area (Å²) in [5.41, 5.74) is -1.12. The average Bonchev–Trinajstić information content (AvgIpc) is 3.12. The van der Waals surface area contributed by atoms with Crippen LogP contribution in [0.1, 0.15) is 40.0 Å². The van der Waals surface area contributed by atoms with Gasteiger partial charge in [-0.2, -0.15) is 0 Å². The molecule has 1 N–H and O–H groups in total. The Bertz CT molecular complexity index is 556. The van der Waals surface area contributed by atoms with Crippen LogP contribution >= 0.6 is 0 Å². The molecular weight excluding hydrogens is 310 g/mol. The molecule has 0 spiro atoms. The molecule has 0 saturated carbocycles. The van der Waals surface area contributed by atoms with Gasteiger partial charge >= 0.3 is 11.9 Å². The molecule has 3 heterocycles. The number of esters is 2. The zero-order chi connectivity index (χ0) is 17.5. The van der Waals surface area contributed by atoms with Crippen LogP contribution in [0.25, 0.3) is 0 Å². The first-order valence-corrected chi connectivity index (χ1v) is 8.84. The average molecular weight is 337 g/mol. The number of ether oxygens (including phenoxy) is 2. The largest absolute Gasteiger partial charge is 0.463 e. The van der Waals surface area contributed by atoms with Crippen LogP contribution in [0.2, 0.25) is 0 Å². The third kappa shape index (κ3) is 2.97. The van der Waals surface area contributed by atoms with Crippen molar-refractivity contribution in [1.82, 2.24) is 4.90 Å². The molecule has 0 aromatic rings. The maximum Gasteiger partial charge on any atom is 0.338 e. The summed E-state index contributed by atoms with van der Waals surface area (Å²) in [5.74, 6) is -1.23. The third-order valence-electron chi connectivity index (χ3n) is 5.97. The Morgan fingerprint density at radius 1 is 1.29 bits per heavy atom. The Labute approximate surface area is 142 Å². The normalized spacial score (nSPS) is 42.9. The monoisotopic (exact) mass is 337 g/mol. The molecule has 5 atom stereocenters. The summed E-state index contributed by atoms with van der Waals surface area (Å²) >= 11 is 0. The van der Waals surface area contributed by atoms with Crippen molar-refractivity contribution in [3.05, 3.63) is 11.6 Å². The summed E-state index contributed by atoms with van der Waals surface area (Å²) in [6.45, 7) is 7.11. The molecule has 6 heteroatoms. The van der Waals surface area contributed by atoms with Gasteiger partial charge in [-0.15, -0.1) is 0 Å². The molecule has 3 fully saturated rings. The van der Waals surface area contributed by atoms with Crippen molar-refractivity contribution in [2.75, 3.05) is 19.7 Å². The molecule has 3 rings (SSSR count). The van der Waals surface area contributed by atoms with Crippen LogP contribution in [-0.2, 0) is 19.1 Å². The molecule has 0 bridgehead atoms. The molecule has 3 aliphatic heterocycles. The van der Waals surface area contributed by atoms with Crippen LogP contribution in [0.4, 0.5) is 0 Å². The van der Waals surface area contributed by atoms with Crippen LogP contribution in [0.5, 0.6) is 0 Å². The fourth-order valence-electron chi connectivity index (χ4n) is 4.11. The van der Waals surface area contributed by atoms with Crippen LogP contribution < -0.4 is 0 Å². The van der Waals surface area contributed by atoms with E-state index in [0.29, 0.717) is 5.57 Å². The maximum atomic E-state index is 12.6. The zero-order valence-electron chi connectivity index (χ0n) is 14.7. The second-order valence-electron chi connectivity index (χ2n) is 7.47. The van der Waals surface area contributed by atoms with Gasteiger partial charge in [0.25, 0.3) is 0 Å². The van der Waals surface area contributed by atoms with Gasteiger partial charge in [0.15, 0.2) is 5.60 Å². The van der Waals surface area contributed by atoms with E-state index in [1.807, 2.05) is 0 Å². The molecule has 0 radical (unpaired) electrons. The highest BCUT2D eigenvalue weighted by Gasteiger charge is 2.48.